The van der Waals surface area contributed by atoms with E-state index in [4.69, 9.17) is 11.6 Å². The van der Waals surface area contributed by atoms with Crippen molar-refractivity contribution in [2.45, 2.75) is 19.4 Å². The number of fused-ring (bicyclic) bond motifs is 1. The molecular weight excluding hydrogens is 346 g/mol. The third kappa shape index (κ3) is 3.38. The summed E-state index contributed by atoms with van der Waals surface area (Å²) < 4.78 is 0. The fourth-order valence-electron chi connectivity index (χ4n) is 4.00. The van der Waals surface area contributed by atoms with Gasteiger partial charge in [-0.1, -0.05) is 35.9 Å². The number of hydrogen-bond donors (Lipinski definition) is 0. The van der Waals surface area contributed by atoms with Gasteiger partial charge < -0.3 is 14.7 Å². The lowest BCUT2D eigenvalue weighted by Crippen LogP contribution is -2.51. The lowest BCUT2D eigenvalue weighted by Gasteiger charge is -2.37. The lowest BCUT2D eigenvalue weighted by molar-refractivity contribution is -0.130. The van der Waals surface area contributed by atoms with Gasteiger partial charge in [-0.3, -0.25) is 4.79 Å². The first-order valence-corrected chi connectivity index (χ1v) is 9.62. The van der Waals surface area contributed by atoms with Crippen molar-refractivity contribution < 1.29 is 4.79 Å². The summed E-state index contributed by atoms with van der Waals surface area (Å²) in [5.41, 5.74) is 3.69. The number of amides is 1. The van der Waals surface area contributed by atoms with E-state index in [1.165, 1.54) is 11.3 Å². The topological polar surface area (TPSA) is 26.8 Å². The van der Waals surface area contributed by atoms with Crippen molar-refractivity contribution in [1.29, 1.82) is 0 Å². The molecule has 2 aliphatic rings. The first-order valence-electron chi connectivity index (χ1n) is 9.24. The van der Waals surface area contributed by atoms with Crippen LogP contribution in [0.1, 0.15) is 12.5 Å². The van der Waals surface area contributed by atoms with Crippen LogP contribution in [0.25, 0.3) is 0 Å². The van der Waals surface area contributed by atoms with Crippen LogP contribution in [0.15, 0.2) is 48.5 Å². The summed E-state index contributed by atoms with van der Waals surface area (Å²) in [5, 5.41) is 0.752. The van der Waals surface area contributed by atoms with Crippen molar-refractivity contribution in [3.05, 3.63) is 59.1 Å². The number of carbonyl (C=O) groups excluding carboxylic acids is 1. The minimum absolute atomic E-state index is 0.222. The van der Waals surface area contributed by atoms with E-state index in [1.54, 1.807) is 0 Å². The Morgan fingerprint density at radius 3 is 2.62 bits per heavy atom. The Balaban J connectivity index is 1.37. The molecule has 1 amide bonds. The highest BCUT2D eigenvalue weighted by atomic mass is 35.5. The number of hydrogen-bond acceptors (Lipinski definition) is 3. The molecule has 2 aromatic carbocycles. The molecule has 4 nitrogen and oxygen atoms in total. The second-order valence-corrected chi connectivity index (χ2v) is 7.59. The Hall–Kier alpha value is -2.20. The third-order valence-electron chi connectivity index (χ3n) is 5.46. The van der Waals surface area contributed by atoms with E-state index >= 15 is 0 Å². The van der Waals surface area contributed by atoms with Gasteiger partial charge in [0.2, 0.25) is 5.91 Å². The maximum absolute atomic E-state index is 12.9. The molecule has 0 bridgehead atoms. The summed E-state index contributed by atoms with van der Waals surface area (Å²) in [5.74, 6) is 0.222. The molecule has 26 heavy (non-hydrogen) atoms. The monoisotopic (exact) mass is 369 g/mol. The highest BCUT2D eigenvalue weighted by molar-refractivity contribution is 6.30. The normalized spacial score (nSPS) is 19.6. The third-order valence-corrected chi connectivity index (χ3v) is 5.69. The molecule has 0 N–H and O–H groups in total. The van der Waals surface area contributed by atoms with Crippen molar-refractivity contribution in [2.75, 3.05) is 42.5 Å². The Bertz CT molecular complexity index is 801. The molecule has 1 atom stereocenters. The van der Waals surface area contributed by atoms with Crippen molar-refractivity contribution >= 4 is 28.9 Å². The molecule has 1 fully saturated rings. The summed E-state index contributed by atoms with van der Waals surface area (Å²) >= 11 is 6.10. The molecule has 1 unspecified atom stereocenters. The van der Waals surface area contributed by atoms with Crippen molar-refractivity contribution in [2.24, 2.45) is 0 Å². The van der Waals surface area contributed by atoms with Crippen LogP contribution in [0.5, 0.6) is 0 Å². The molecule has 0 aliphatic carbocycles. The largest absolute Gasteiger partial charge is 0.368 e. The van der Waals surface area contributed by atoms with E-state index in [9.17, 15) is 4.79 Å². The number of anilines is 2. The predicted molar refractivity (Wildman–Crippen MR) is 107 cm³/mol. The summed E-state index contributed by atoms with van der Waals surface area (Å²) in [4.78, 5) is 19.4. The molecule has 2 aromatic rings. The van der Waals surface area contributed by atoms with Crippen LogP contribution in [0.2, 0.25) is 5.02 Å². The zero-order valence-electron chi connectivity index (χ0n) is 15.1. The molecule has 136 valence electrons. The number of benzene rings is 2. The maximum Gasteiger partial charge on any atom is 0.242 e. The molecule has 0 spiro atoms. The van der Waals surface area contributed by atoms with Crippen LogP contribution < -0.4 is 9.80 Å². The zero-order valence-corrected chi connectivity index (χ0v) is 15.8. The van der Waals surface area contributed by atoms with Crippen molar-refractivity contribution in [1.82, 2.24) is 4.90 Å². The number of piperazine rings is 1. The average Bonchev–Trinajstić information content (AvgIpc) is 2.97. The average molecular weight is 370 g/mol. The van der Waals surface area contributed by atoms with Crippen molar-refractivity contribution in [3.63, 3.8) is 0 Å². The van der Waals surface area contributed by atoms with Gasteiger partial charge in [0.25, 0.3) is 0 Å². The highest BCUT2D eigenvalue weighted by Gasteiger charge is 2.29. The van der Waals surface area contributed by atoms with Gasteiger partial charge in [-0.2, -0.15) is 0 Å². The Morgan fingerprint density at radius 2 is 1.85 bits per heavy atom. The van der Waals surface area contributed by atoms with E-state index in [2.05, 4.69) is 47.1 Å². The van der Waals surface area contributed by atoms with E-state index in [0.29, 0.717) is 12.6 Å². The molecule has 0 saturated carbocycles. The summed E-state index contributed by atoms with van der Waals surface area (Å²) in [7, 11) is 0. The second kappa shape index (κ2) is 7.20. The maximum atomic E-state index is 12.9. The lowest BCUT2D eigenvalue weighted by atomic mass is 10.1. The quantitative estimate of drug-likeness (QED) is 0.829. The van der Waals surface area contributed by atoms with Gasteiger partial charge in [0.15, 0.2) is 0 Å². The molecule has 0 aromatic heterocycles. The molecule has 4 rings (SSSR count). The van der Waals surface area contributed by atoms with Gasteiger partial charge in [-0.15, -0.1) is 0 Å². The fourth-order valence-corrected chi connectivity index (χ4v) is 4.19. The molecule has 5 heteroatoms. The zero-order chi connectivity index (χ0) is 18.1. The first kappa shape index (κ1) is 17.2. The minimum atomic E-state index is 0.222. The number of halogens is 1. The number of carbonyl (C=O) groups is 1. The van der Waals surface area contributed by atoms with Gasteiger partial charge >= 0.3 is 0 Å². The smallest absolute Gasteiger partial charge is 0.242 e. The van der Waals surface area contributed by atoms with Gasteiger partial charge in [-0.25, -0.2) is 0 Å². The van der Waals surface area contributed by atoms with E-state index in [1.807, 2.05) is 23.1 Å². The number of para-hydroxylation sites is 1. The molecular formula is C21H24ClN3O. The molecule has 1 saturated heterocycles. The first-order chi connectivity index (χ1) is 12.6. The van der Waals surface area contributed by atoms with Crippen molar-refractivity contribution in [3.8, 4) is 0 Å². The highest BCUT2D eigenvalue weighted by Crippen LogP contribution is 2.31. The predicted octanol–water partition coefficient (Wildman–Crippen LogP) is 3.44. The van der Waals surface area contributed by atoms with Crippen LogP contribution in [0.3, 0.4) is 0 Å². The van der Waals surface area contributed by atoms with Gasteiger partial charge in [0.1, 0.15) is 0 Å². The standard InChI is InChI=1S/C21H24ClN3O/c1-16-13-17-5-2-3-8-20(17)25(16)15-21(26)24-11-9-23(10-12-24)19-7-4-6-18(22)14-19/h2-8,14,16H,9-13,15H2,1H3. The van der Waals surface area contributed by atoms with Gasteiger partial charge in [-0.05, 0) is 43.2 Å². The van der Waals surface area contributed by atoms with Gasteiger partial charge in [0, 0.05) is 48.6 Å². The van der Waals surface area contributed by atoms with E-state index in [0.717, 1.165) is 43.3 Å². The Labute approximate surface area is 160 Å². The molecule has 2 aliphatic heterocycles. The SMILES string of the molecule is CC1Cc2ccccc2N1CC(=O)N1CCN(c2cccc(Cl)c2)CC1. The fraction of sp³-hybridized carbons (Fsp3) is 0.381. The molecule has 2 heterocycles. The van der Waals surface area contributed by atoms with Crippen LogP contribution >= 0.6 is 11.6 Å². The van der Waals surface area contributed by atoms with Crippen LogP contribution in [-0.2, 0) is 11.2 Å². The summed E-state index contributed by atoms with van der Waals surface area (Å²) in [6.07, 6.45) is 1.02. The summed E-state index contributed by atoms with van der Waals surface area (Å²) in [6.45, 7) is 5.88. The van der Waals surface area contributed by atoms with Gasteiger partial charge in [0.05, 0.1) is 6.54 Å². The van der Waals surface area contributed by atoms with E-state index in [-0.39, 0.29) is 5.91 Å². The Morgan fingerprint density at radius 1 is 1.08 bits per heavy atom. The number of rotatable bonds is 3. The van der Waals surface area contributed by atoms with Crippen LogP contribution in [-0.4, -0.2) is 49.6 Å². The van der Waals surface area contributed by atoms with E-state index < -0.39 is 0 Å². The number of nitrogens with zero attached hydrogens (tertiary/aromatic N) is 3. The van der Waals surface area contributed by atoms with Crippen LogP contribution in [0.4, 0.5) is 11.4 Å². The second-order valence-electron chi connectivity index (χ2n) is 7.16. The van der Waals surface area contributed by atoms with Crippen LogP contribution in [0, 0.1) is 0 Å². The molecule has 0 radical (unpaired) electrons. The Kier molecular flexibility index (Phi) is 4.77. The summed E-state index contributed by atoms with van der Waals surface area (Å²) in [6, 6.07) is 16.7. The minimum Gasteiger partial charge on any atom is -0.368 e.